The highest BCUT2D eigenvalue weighted by Gasteiger charge is 2.22. The van der Waals surface area contributed by atoms with Gasteiger partial charge in [0.1, 0.15) is 5.82 Å². The normalized spacial score (nSPS) is 17.7. The van der Waals surface area contributed by atoms with Gasteiger partial charge in [-0.3, -0.25) is 0 Å². The molecule has 0 spiro atoms. The van der Waals surface area contributed by atoms with Crippen molar-refractivity contribution in [2.45, 2.75) is 45.2 Å². The summed E-state index contributed by atoms with van der Waals surface area (Å²) in [7, 11) is 0. The lowest BCUT2D eigenvalue weighted by Crippen LogP contribution is -2.21. The van der Waals surface area contributed by atoms with Gasteiger partial charge in [0.25, 0.3) is 0 Å². The molecule has 0 radical (unpaired) electrons. The molecule has 2 nitrogen and oxygen atoms in total. The maximum Gasteiger partial charge on any atom is 0.123 e. The topological polar surface area (TPSA) is 27.8 Å². The van der Waals surface area contributed by atoms with E-state index >= 15 is 0 Å². The number of aryl methyl sites for hydroxylation is 2. The number of aromatic nitrogens is 1. The predicted molar refractivity (Wildman–Crippen MR) is 96.6 cm³/mol. The lowest BCUT2D eigenvalue weighted by molar-refractivity contribution is 0.481. The van der Waals surface area contributed by atoms with Gasteiger partial charge in [0.05, 0.1) is 0 Å². The van der Waals surface area contributed by atoms with Crippen LogP contribution in [0, 0.1) is 12.7 Å². The molecule has 0 amide bonds. The number of hydrogen-bond donors (Lipinski definition) is 2. The summed E-state index contributed by atoms with van der Waals surface area (Å²) in [6.45, 7) is 2.92. The minimum absolute atomic E-state index is 0.179. The van der Waals surface area contributed by atoms with Crippen LogP contribution in [0.3, 0.4) is 0 Å². The molecule has 0 saturated heterocycles. The molecule has 1 aliphatic carbocycles. The Labute approximate surface area is 142 Å². The number of nitrogens with one attached hydrogen (secondary N) is 2. The van der Waals surface area contributed by atoms with Crippen molar-refractivity contribution in [3.8, 4) is 0 Å². The summed E-state index contributed by atoms with van der Waals surface area (Å²) < 4.78 is 13.1. The van der Waals surface area contributed by atoms with Gasteiger partial charge in [0.2, 0.25) is 0 Å². The van der Waals surface area contributed by atoms with Crippen LogP contribution in [0.1, 0.15) is 47.7 Å². The molecule has 4 rings (SSSR count). The van der Waals surface area contributed by atoms with Crippen molar-refractivity contribution in [2.75, 3.05) is 0 Å². The summed E-state index contributed by atoms with van der Waals surface area (Å²) in [5.41, 5.74) is 6.48. The first-order chi connectivity index (χ1) is 11.7. The molecule has 1 heterocycles. The molecule has 24 heavy (non-hydrogen) atoms. The van der Waals surface area contributed by atoms with Crippen LogP contribution in [0.15, 0.2) is 42.5 Å². The van der Waals surface area contributed by atoms with Crippen LogP contribution in [0.2, 0.25) is 0 Å². The zero-order valence-electron chi connectivity index (χ0n) is 14.0. The fraction of sp³-hybridized carbons (Fsp3) is 0.333. The molecule has 2 aromatic carbocycles. The van der Waals surface area contributed by atoms with Crippen molar-refractivity contribution in [1.29, 1.82) is 0 Å². The van der Waals surface area contributed by atoms with Crippen LogP contribution in [-0.2, 0) is 13.0 Å². The predicted octanol–water partition coefficient (Wildman–Crippen LogP) is 5.17. The van der Waals surface area contributed by atoms with Crippen molar-refractivity contribution in [3.63, 3.8) is 0 Å². The number of hydrogen-bond acceptors (Lipinski definition) is 1. The maximum atomic E-state index is 13.1. The van der Waals surface area contributed by atoms with E-state index in [1.807, 2.05) is 12.1 Å². The molecule has 0 fully saturated rings. The lowest BCUT2D eigenvalue weighted by atomic mass is 10.0. The minimum Gasteiger partial charge on any atom is -0.357 e. The van der Waals surface area contributed by atoms with Gasteiger partial charge in [-0.15, -0.1) is 0 Å². The molecule has 2 N–H and O–H groups in total. The van der Waals surface area contributed by atoms with E-state index in [-0.39, 0.29) is 5.82 Å². The average Bonchev–Trinajstić information content (AvgIpc) is 2.81. The number of benzene rings is 2. The van der Waals surface area contributed by atoms with Crippen LogP contribution in [0.5, 0.6) is 0 Å². The molecule has 3 heteroatoms. The summed E-state index contributed by atoms with van der Waals surface area (Å²) in [5.74, 6) is -0.179. The highest BCUT2D eigenvalue weighted by atomic mass is 19.1. The van der Waals surface area contributed by atoms with Gasteiger partial charge in [-0.2, -0.15) is 0 Å². The Morgan fingerprint density at radius 1 is 1.12 bits per heavy atom. The average molecular weight is 322 g/mol. The zero-order chi connectivity index (χ0) is 16.5. The summed E-state index contributed by atoms with van der Waals surface area (Å²) in [6, 6.07) is 13.8. The van der Waals surface area contributed by atoms with Gasteiger partial charge < -0.3 is 10.3 Å². The third-order valence-electron chi connectivity index (χ3n) is 5.08. The molecular weight excluding hydrogens is 299 g/mol. The summed E-state index contributed by atoms with van der Waals surface area (Å²) >= 11 is 0. The van der Waals surface area contributed by atoms with E-state index < -0.39 is 0 Å². The third-order valence-corrected chi connectivity index (χ3v) is 5.08. The molecule has 0 aliphatic heterocycles. The Bertz CT molecular complexity index is 848. The van der Waals surface area contributed by atoms with Gasteiger partial charge in [-0.25, -0.2) is 4.39 Å². The minimum atomic E-state index is -0.179. The molecule has 1 aliphatic rings. The molecule has 3 aromatic rings. The molecule has 1 unspecified atom stereocenters. The Kier molecular flexibility index (Phi) is 4.11. The van der Waals surface area contributed by atoms with Crippen molar-refractivity contribution in [2.24, 2.45) is 0 Å². The molecule has 1 aromatic heterocycles. The summed E-state index contributed by atoms with van der Waals surface area (Å²) in [6.07, 6.45) is 4.76. The number of aromatic amines is 1. The molecular formula is C21H23FN2. The van der Waals surface area contributed by atoms with Crippen molar-refractivity contribution in [3.05, 3.63) is 70.7 Å². The van der Waals surface area contributed by atoms with Crippen LogP contribution >= 0.6 is 0 Å². The molecule has 1 atom stereocenters. The van der Waals surface area contributed by atoms with Crippen LogP contribution in [0.25, 0.3) is 10.9 Å². The number of fused-ring (bicyclic) bond motifs is 3. The van der Waals surface area contributed by atoms with E-state index in [9.17, 15) is 4.39 Å². The SMILES string of the molecule is Cc1ccc2[nH]c3c(c2c1)CCCCC3NCc1ccc(F)cc1. The zero-order valence-corrected chi connectivity index (χ0v) is 14.0. The molecule has 0 bridgehead atoms. The Morgan fingerprint density at radius 2 is 1.96 bits per heavy atom. The van der Waals surface area contributed by atoms with E-state index in [1.54, 1.807) is 0 Å². The van der Waals surface area contributed by atoms with E-state index in [2.05, 4.69) is 35.4 Å². The lowest BCUT2D eigenvalue weighted by Gasteiger charge is -2.17. The van der Waals surface area contributed by atoms with Crippen LogP contribution in [0.4, 0.5) is 4.39 Å². The van der Waals surface area contributed by atoms with Gasteiger partial charge in [0.15, 0.2) is 0 Å². The standard InChI is InChI=1S/C21H23FN2/c1-14-6-11-19-18(12-14)17-4-2-3-5-20(21(17)24-19)23-13-15-7-9-16(22)10-8-15/h6-12,20,23-24H,2-5,13H2,1H3. The van der Waals surface area contributed by atoms with E-state index in [0.717, 1.165) is 24.9 Å². The van der Waals surface area contributed by atoms with Crippen LogP contribution in [-0.4, -0.2) is 4.98 Å². The number of halogens is 1. The molecule has 124 valence electrons. The summed E-state index contributed by atoms with van der Waals surface area (Å²) in [4.78, 5) is 3.66. The highest BCUT2D eigenvalue weighted by molar-refractivity contribution is 5.85. The smallest absolute Gasteiger partial charge is 0.123 e. The first kappa shape index (κ1) is 15.4. The van der Waals surface area contributed by atoms with Gasteiger partial charge in [0, 0.05) is 29.2 Å². The monoisotopic (exact) mass is 322 g/mol. The summed E-state index contributed by atoms with van der Waals surface area (Å²) in [5, 5.41) is 5.05. The third kappa shape index (κ3) is 2.96. The van der Waals surface area contributed by atoms with Gasteiger partial charge in [-0.05, 0) is 61.6 Å². The first-order valence-corrected chi connectivity index (χ1v) is 8.79. The van der Waals surface area contributed by atoms with Gasteiger partial charge >= 0.3 is 0 Å². The Hall–Kier alpha value is -2.13. The fourth-order valence-electron chi connectivity index (χ4n) is 3.79. The second-order valence-electron chi connectivity index (χ2n) is 6.87. The Morgan fingerprint density at radius 3 is 2.79 bits per heavy atom. The second-order valence-corrected chi connectivity index (χ2v) is 6.87. The van der Waals surface area contributed by atoms with Crippen molar-refractivity contribution >= 4 is 10.9 Å². The fourth-order valence-corrected chi connectivity index (χ4v) is 3.79. The first-order valence-electron chi connectivity index (χ1n) is 8.79. The number of H-pyrrole nitrogens is 1. The van der Waals surface area contributed by atoms with E-state index in [1.165, 1.54) is 52.7 Å². The second kappa shape index (κ2) is 6.40. The van der Waals surface area contributed by atoms with Crippen molar-refractivity contribution in [1.82, 2.24) is 10.3 Å². The maximum absolute atomic E-state index is 13.1. The van der Waals surface area contributed by atoms with Gasteiger partial charge in [-0.1, -0.05) is 30.2 Å². The van der Waals surface area contributed by atoms with Crippen LogP contribution < -0.4 is 5.32 Å². The highest BCUT2D eigenvalue weighted by Crippen LogP contribution is 2.34. The molecule has 0 saturated carbocycles. The quantitative estimate of drug-likeness (QED) is 0.639. The van der Waals surface area contributed by atoms with Crippen molar-refractivity contribution < 1.29 is 4.39 Å². The number of rotatable bonds is 3. The largest absolute Gasteiger partial charge is 0.357 e. The van der Waals surface area contributed by atoms with E-state index in [4.69, 9.17) is 0 Å². The van der Waals surface area contributed by atoms with E-state index in [0.29, 0.717) is 6.04 Å². The Balaban J connectivity index is 1.62.